The zero-order valence-electron chi connectivity index (χ0n) is 8.98. The number of halogens is 2. The van der Waals surface area contributed by atoms with Crippen molar-refractivity contribution in [3.63, 3.8) is 0 Å². The van der Waals surface area contributed by atoms with Gasteiger partial charge in [-0.15, -0.1) is 0 Å². The highest BCUT2D eigenvalue weighted by Gasteiger charge is 2.46. The minimum atomic E-state index is -1.54. The Morgan fingerprint density at radius 1 is 1.33 bits per heavy atom. The molecule has 0 aliphatic heterocycles. The Morgan fingerprint density at radius 2 is 1.93 bits per heavy atom. The zero-order chi connectivity index (χ0) is 11.2. The summed E-state index contributed by atoms with van der Waals surface area (Å²) in [6, 6.07) is 3.06. The molecule has 1 aliphatic carbocycles. The number of nitrogens with two attached hydrogens (primary N) is 1. The van der Waals surface area contributed by atoms with E-state index in [4.69, 9.17) is 5.73 Å². The van der Waals surface area contributed by atoms with Crippen LogP contribution in [0.4, 0.5) is 8.78 Å². The van der Waals surface area contributed by atoms with Gasteiger partial charge in [-0.05, 0) is 31.0 Å². The van der Waals surface area contributed by atoms with Gasteiger partial charge in [0, 0.05) is 24.4 Å². The molecule has 1 aromatic carbocycles. The highest BCUT2D eigenvalue weighted by atomic mass is 19.1. The molecular weight excluding hydrogens is 196 g/mol. The van der Waals surface area contributed by atoms with Gasteiger partial charge in [0.1, 0.15) is 11.5 Å². The van der Waals surface area contributed by atoms with E-state index in [-0.39, 0.29) is 24.4 Å². The number of hydrogen-bond acceptors (Lipinski definition) is 1. The van der Waals surface area contributed by atoms with E-state index >= 15 is 0 Å². The van der Waals surface area contributed by atoms with Crippen molar-refractivity contribution in [1.29, 1.82) is 0 Å². The van der Waals surface area contributed by atoms with E-state index in [1.54, 1.807) is 13.8 Å². The van der Waals surface area contributed by atoms with E-state index in [1.165, 1.54) is 6.07 Å². The average Bonchev–Trinajstić information content (AvgIpc) is 1.98. The molecule has 15 heavy (non-hydrogen) atoms. The number of alkyl halides is 1. The third-order valence-electron chi connectivity index (χ3n) is 3.05. The van der Waals surface area contributed by atoms with Crippen LogP contribution in [0, 0.1) is 19.7 Å². The molecule has 0 radical (unpaired) electrons. The quantitative estimate of drug-likeness (QED) is 0.759. The lowest BCUT2D eigenvalue weighted by molar-refractivity contribution is 0.0362. The van der Waals surface area contributed by atoms with E-state index in [0.717, 1.165) is 5.56 Å². The summed E-state index contributed by atoms with van der Waals surface area (Å²) in [6.45, 7) is 3.55. The third kappa shape index (κ3) is 1.65. The summed E-state index contributed by atoms with van der Waals surface area (Å²) >= 11 is 0. The van der Waals surface area contributed by atoms with E-state index in [0.29, 0.717) is 5.56 Å². The standard InChI is InChI=1S/C12H15F2N/c1-7-3-8(2)11(10(13)4-7)12(14)5-9(15)6-12/h3-4,9H,5-6,15H2,1-2H3. The molecule has 1 nitrogen and oxygen atoms in total. The van der Waals surface area contributed by atoms with Crippen molar-refractivity contribution in [1.82, 2.24) is 0 Å². The molecule has 3 heteroatoms. The van der Waals surface area contributed by atoms with Gasteiger partial charge in [0.2, 0.25) is 0 Å². The van der Waals surface area contributed by atoms with Crippen molar-refractivity contribution < 1.29 is 8.78 Å². The zero-order valence-corrected chi connectivity index (χ0v) is 8.98. The van der Waals surface area contributed by atoms with Crippen molar-refractivity contribution in [2.75, 3.05) is 0 Å². The molecule has 2 rings (SSSR count). The number of benzene rings is 1. The van der Waals surface area contributed by atoms with Crippen molar-refractivity contribution in [2.45, 2.75) is 38.4 Å². The van der Waals surface area contributed by atoms with Gasteiger partial charge in [-0.25, -0.2) is 8.78 Å². The Hall–Kier alpha value is -0.960. The first kappa shape index (κ1) is 10.6. The molecule has 1 aromatic rings. The van der Waals surface area contributed by atoms with Crippen LogP contribution in [0.15, 0.2) is 12.1 Å². The first-order valence-corrected chi connectivity index (χ1v) is 5.14. The second-order valence-corrected chi connectivity index (χ2v) is 4.57. The van der Waals surface area contributed by atoms with Crippen LogP contribution in [0.5, 0.6) is 0 Å². The molecule has 1 saturated carbocycles. The van der Waals surface area contributed by atoms with Crippen LogP contribution in [0.3, 0.4) is 0 Å². The number of aryl methyl sites for hydroxylation is 2. The van der Waals surface area contributed by atoms with Gasteiger partial charge in [-0.3, -0.25) is 0 Å². The van der Waals surface area contributed by atoms with Crippen LogP contribution in [-0.2, 0) is 5.67 Å². The highest BCUT2D eigenvalue weighted by Crippen LogP contribution is 2.46. The second kappa shape index (κ2) is 3.27. The second-order valence-electron chi connectivity index (χ2n) is 4.57. The fourth-order valence-corrected chi connectivity index (χ4v) is 2.46. The Bertz CT molecular complexity index is 372. The summed E-state index contributed by atoms with van der Waals surface area (Å²) in [5.74, 6) is -0.443. The van der Waals surface area contributed by atoms with Crippen molar-refractivity contribution >= 4 is 0 Å². The lowest BCUT2D eigenvalue weighted by Gasteiger charge is -2.40. The molecule has 0 heterocycles. The smallest absolute Gasteiger partial charge is 0.142 e. The number of rotatable bonds is 1. The largest absolute Gasteiger partial charge is 0.327 e. The fourth-order valence-electron chi connectivity index (χ4n) is 2.46. The van der Waals surface area contributed by atoms with E-state index < -0.39 is 11.5 Å². The summed E-state index contributed by atoms with van der Waals surface area (Å²) in [7, 11) is 0. The summed E-state index contributed by atoms with van der Waals surface area (Å²) in [4.78, 5) is 0. The lowest BCUT2D eigenvalue weighted by Crippen LogP contribution is -2.47. The van der Waals surface area contributed by atoms with Gasteiger partial charge in [0.15, 0.2) is 0 Å². The molecule has 1 aliphatic rings. The van der Waals surface area contributed by atoms with Gasteiger partial charge in [-0.1, -0.05) is 6.07 Å². The van der Waals surface area contributed by atoms with E-state index in [1.807, 2.05) is 6.07 Å². The van der Waals surface area contributed by atoms with Crippen molar-refractivity contribution in [2.24, 2.45) is 5.73 Å². The van der Waals surface area contributed by atoms with Crippen LogP contribution >= 0.6 is 0 Å². The Kier molecular flexibility index (Phi) is 2.30. The normalized spacial score (nSPS) is 30.1. The molecule has 82 valence electrons. The first-order chi connectivity index (χ1) is 6.92. The van der Waals surface area contributed by atoms with Crippen LogP contribution in [-0.4, -0.2) is 6.04 Å². The van der Waals surface area contributed by atoms with E-state index in [9.17, 15) is 8.78 Å². The Morgan fingerprint density at radius 3 is 2.40 bits per heavy atom. The molecule has 0 amide bonds. The maximum absolute atomic E-state index is 14.2. The highest BCUT2D eigenvalue weighted by molar-refractivity contribution is 5.38. The first-order valence-electron chi connectivity index (χ1n) is 5.14. The molecular formula is C12H15F2N. The minimum absolute atomic E-state index is 0.130. The summed E-state index contributed by atoms with van der Waals surface area (Å²) in [6.07, 6.45) is 0.460. The molecule has 1 fully saturated rings. The third-order valence-corrected chi connectivity index (χ3v) is 3.05. The maximum Gasteiger partial charge on any atom is 0.142 e. The molecule has 0 atom stereocenters. The summed E-state index contributed by atoms with van der Waals surface area (Å²) < 4.78 is 27.9. The molecule has 0 aromatic heterocycles. The van der Waals surface area contributed by atoms with Crippen LogP contribution < -0.4 is 5.73 Å². The van der Waals surface area contributed by atoms with Crippen molar-refractivity contribution in [3.05, 3.63) is 34.6 Å². The monoisotopic (exact) mass is 211 g/mol. The van der Waals surface area contributed by atoms with Crippen molar-refractivity contribution in [3.8, 4) is 0 Å². The van der Waals surface area contributed by atoms with Crippen LogP contribution in [0.2, 0.25) is 0 Å². The molecule has 0 spiro atoms. The average molecular weight is 211 g/mol. The molecule has 0 bridgehead atoms. The lowest BCUT2D eigenvalue weighted by atomic mass is 9.71. The Balaban J connectivity index is 2.45. The molecule has 0 unspecified atom stereocenters. The topological polar surface area (TPSA) is 26.0 Å². The van der Waals surface area contributed by atoms with Crippen LogP contribution in [0.1, 0.15) is 29.5 Å². The van der Waals surface area contributed by atoms with Gasteiger partial charge in [0.25, 0.3) is 0 Å². The summed E-state index contributed by atoms with van der Waals surface area (Å²) in [5, 5.41) is 0. The van der Waals surface area contributed by atoms with Gasteiger partial charge in [-0.2, -0.15) is 0 Å². The van der Waals surface area contributed by atoms with Gasteiger partial charge in [0.05, 0.1) is 0 Å². The van der Waals surface area contributed by atoms with E-state index in [2.05, 4.69) is 0 Å². The van der Waals surface area contributed by atoms with Crippen LogP contribution in [0.25, 0.3) is 0 Å². The van der Waals surface area contributed by atoms with Gasteiger partial charge >= 0.3 is 0 Å². The van der Waals surface area contributed by atoms with Gasteiger partial charge < -0.3 is 5.73 Å². The molecule has 0 saturated heterocycles. The predicted octanol–water partition coefficient (Wildman–Crippen LogP) is 2.73. The summed E-state index contributed by atoms with van der Waals surface area (Å²) in [5.41, 5.74) is 5.72. The Labute approximate surface area is 88.3 Å². The fraction of sp³-hybridized carbons (Fsp3) is 0.500. The minimum Gasteiger partial charge on any atom is -0.327 e. The maximum atomic E-state index is 14.2. The molecule has 2 N–H and O–H groups in total. The SMILES string of the molecule is Cc1cc(C)c(C2(F)CC(N)C2)c(F)c1. The predicted molar refractivity (Wildman–Crippen MR) is 55.9 cm³/mol. The number of hydrogen-bond donors (Lipinski definition) is 1.